The molecule has 6 heteroatoms. The van der Waals surface area contributed by atoms with Crippen LogP contribution in [0.2, 0.25) is 0 Å². The Kier molecular flexibility index (Phi) is 5.96. The molecule has 6 nitrogen and oxygen atoms in total. The first-order valence-electron chi connectivity index (χ1n) is 7.89. The third kappa shape index (κ3) is 4.65. The molecule has 0 atom stereocenters. The van der Waals surface area contributed by atoms with Gasteiger partial charge >= 0.3 is 11.9 Å². The number of esters is 2. The van der Waals surface area contributed by atoms with Crippen molar-refractivity contribution in [2.24, 2.45) is 5.41 Å². The van der Waals surface area contributed by atoms with E-state index in [0.29, 0.717) is 13.2 Å². The Hall–Kier alpha value is -1.66. The van der Waals surface area contributed by atoms with E-state index >= 15 is 0 Å². The molecule has 128 valence electrons. The van der Waals surface area contributed by atoms with Gasteiger partial charge in [-0.2, -0.15) is 0 Å². The maximum Gasteiger partial charge on any atom is 0.330 e. The summed E-state index contributed by atoms with van der Waals surface area (Å²) in [5, 5.41) is 0. The van der Waals surface area contributed by atoms with Gasteiger partial charge in [-0.05, 0) is 12.8 Å². The maximum absolute atomic E-state index is 11.3. The van der Waals surface area contributed by atoms with Crippen molar-refractivity contribution in [3.63, 3.8) is 0 Å². The van der Waals surface area contributed by atoms with Crippen molar-refractivity contribution in [1.82, 2.24) is 0 Å². The lowest BCUT2D eigenvalue weighted by molar-refractivity contribution is -0.322. The number of carbonyl (C=O) groups excluding carboxylic acids is 2. The van der Waals surface area contributed by atoms with Crippen molar-refractivity contribution in [2.75, 3.05) is 26.4 Å². The molecule has 0 radical (unpaired) electrons. The monoisotopic (exact) mass is 324 g/mol. The van der Waals surface area contributed by atoms with Crippen LogP contribution in [0, 0.1) is 5.41 Å². The van der Waals surface area contributed by atoms with Crippen molar-refractivity contribution in [3.8, 4) is 0 Å². The van der Waals surface area contributed by atoms with Gasteiger partial charge < -0.3 is 18.9 Å². The van der Waals surface area contributed by atoms with E-state index in [0.717, 1.165) is 37.8 Å². The summed E-state index contributed by atoms with van der Waals surface area (Å²) in [5.74, 6) is -1.60. The molecular weight excluding hydrogens is 300 g/mol. The van der Waals surface area contributed by atoms with Gasteiger partial charge in [-0.15, -0.1) is 0 Å². The van der Waals surface area contributed by atoms with E-state index in [9.17, 15) is 9.59 Å². The fraction of sp³-hybridized carbons (Fsp3) is 0.647. The third-order valence-electron chi connectivity index (χ3n) is 4.27. The Balaban J connectivity index is 1.99. The highest BCUT2D eigenvalue weighted by Gasteiger charge is 2.46. The standard InChI is InChI=1S/C17H24O6/c1-3-14(18)20-10-16(11-21-15(19)4-2)12-22-17(23-13-16)8-6-5-7-9-17/h3-4H,1-2,5-13H2. The molecule has 0 amide bonds. The Morgan fingerprint density at radius 2 is 1.39 bits per heavy atom. The van der Waals surface area contributed by atoms with Crippen LogP contribution in [0.3, 0.4) is 0 Å². The second-order valence-corrected chi connectivity index (χ2v) is 6.17. The van der Waals surface area contributed by atoms with Crippen molar-refractivity contribution in [2.45, 2.75) is 37.9 Å². The quantitative estimate of drug-likeness (QED) is 0.551. The minimum absolute atomic E-state index is 0.0400. The highest BCUT2D eigenvalue weighted by atomic mass is 16.7. The predicted molar refractivity (Wildman–Crippen MR) is 82.5 cm³/mol. The molecule has 1 aliphatic carbocycles. The number of hydrogen-bond acceptors (Lipinski definition) is 6. The van der Waals surface area contributed by atoms with Crippen LogP contribution in [0.15, 0.2) is 25.3 Å². The summed E-state index contributed by atoms with van der Waals surface area (Å²) >= 11 is 0. The molecule has 1 spiro atoms. The number of ether oxygens (including phenoxy) is 4. The average molecular weight is 324 g/mol. The van der Waals surface area contributed by atoms with Crippen LogP contribution in [0.1, 0.15) is 32.1 Å². The van der Waals surface area contributed by atoms with Crippen molar-refractivity contribution >= 4 is 11.9 Å². The predicted octanol–water partition coefficient (Wildman–Crippen LogP) is 2.14. The van der Waals surface area contributed by atoms with Crippen molar-refractivity contribution in [1.29, 1.82) is 0 Å². The second-order valence-electron chi connectivity index (χ2n) is 6.17. The van der Waals surface area contributed by atoms with Gasteiger partial charge in [0.15, 0.2) is 5.79 Å². The first-order chi connectivity index (χ1) is 11.0. The summed E-state index contributed by atoms with van der Waals surface area (Å²) < 4.78 is 22.3. The molecule has 2 rings (SSSR count). The van der Waals surface area contributed by atoms with Gasteiger partial charge in [-0.1, -0.05) is 19.6 Å². The van der Waals surface area contributed by atoms with Crippen LogP contribution in [-0.4, -0.2) is 44.2 Å². The molecule has 23 heavy (non-hydrogen) atoms. The molecule has 0 aromatic carbocycles. The number of hydrogen-bond donors (Lipinski definition) is 0. The Morgan fingerprint density at radius 1 is 0.913 bits per heavy atom. The van der Waals surface area contributed by atoms with Crippen LogP contribution in [0.25, 0.3) is 0 Å². The molecule has 0 aromatic heterocycles. The average Bonchev–Trinajstić information content (AvgIpc) is 2.60. The summed E-state index contributed by atoms with van der Waals surface area (Å²) in [6.45, 7) is 7.43. The molecule has 1 aliphatic heterocycles. The van der Waals surface area contributed by atoms with Gasteiger partial charge in [-0.25, -0.2) is 9.59 Å². The normalized spacial score (nSPS) is 22.1. The first-order valence-corrected chi connectivity index (χ1v) is 7.89. The molecule has 1 saturated heterocycles. The zero-order chi connectivity index (χ0) is 16.8. The second kappa shape index (κ2) is 7.75. The van der Waals surface area contributed by atoms with E-state index in [4.69, 9.17) is 18.9 Å². The maximum atomic E-state index is 11.3. The highest BCUT2D eigenvalue weighted by molar-refractivity contribution is 5.81. The lowest BCUT2D eigenvalue weighted by Gasteiger charge is -2.47. The summed E-state index contributed by atoms with van der Waals surface area (Å²) in [7, 11) is 0. The van der Waals surface area contributed by atoms with Gasteiger partial charge in [0, 0.05) is 25.0 Å². The Labute approximate surface area is 136 Å². The minimum Gasteiger partial charge on any atom is -0.462 e. The molecular formula is C17H24O6. The Bertz CT molecular complexity index is 428. The topological polar surface area (TPSA) is 71.1 Å². The van der Waals surface area contributed by atoms with Gasteiger partial charge in [-0.3, -0.25) is 0 Å². The van der Waals surface area contributed by atoms with Gasteiger partial charge in [0.05, 0.1) is 18.6 Å². The lowest BCUT2D eigenvalue weighted by atomic mass is 9.87. The SMILES string of the molecule is C=CC(=O)OCC1(COC(=O)C=C)COC2(CCCCC2)OC1. The smallest absolute Gasteiger partial charge is 0.330 e. The van der Waals surface area contributed by atoms with E-state index < -0.39 is 23.1 Å². The van der Waals surface area contributed by atoms with E-state index in [1.807, 2.05) is 0 Å². The van der Waals surface area contributed by atoms with Crippen molar-refractivity contribution < 1.29 is 28.5 Å². The van der Waals surface area contributed by atoms with Crippen LogP contribution < -0.4 is 0 Å². The van der Waals surface area contributed by atoms with E-state index in [1.54, 1.807) is 0 Å². The fourth-order valence-corrected chi connectivity index (χ4v) is 2.81. The van der Waals surface area contributed by atoms with E-state index in [2.05, 4.69) is 13.2 Å². The van der Waals surface area contributed by atoms with Gasteiger partial charge in [0.25, 0.3) is 0 Å². The molecule has 2 fully saturated rings. The van der Waals surface area contributed by atoms with Crippen molar-refractivity contribution in [3.05, 3.63) is 25.3 Å². The highest BCUT2D eigenvalue weighted by Crippen LogP contribution is 2.39. The zero-order valence-electron chi connectivity index (χ0n) is 13.4. The largest absolute Gasteiger partial charge is 0.462 e. The van der Waals surface area contributed by atoms with Crippen LogP contribution >= 0.6 is 0 Å². The molecule has 0 aromatic rings. The summed E-state index contributed by atoms with van der Waals surface area (Å²) in [6, 6.07) is 0. The Morgan fingerprint density at radius 3 is 1.83 bits per heavy atom. The molecule has 0 bridgehead atoms. The first kappa shape index (κ1) is 17.7. The summed E-state index contributed by atoms with van der Waals surface area (Å²) in [4.78, 5) is 22.7. The summed E-state index contributed by atoms with van der Waals surface area (Å²) in [5.41, 5.74) is -0.708. The molecule has 0 unspecified atom stereocenters. The summed E-state index contributed by atoms with van der Waals surface area (Å²) in [6.07, 6.45) is 7.25. The van der Waals surface area contributed by atoms with Crippen LogP contribution in [-0.2, 0) is 28.5 Å². The minimum atomic E-state index is -0.708. The fourth-order valence-electron chi connectivity index (χ4n) is 2.81. The molecule has 1 saturated carbocycles. The number of carbonyl (C=O) groups is 2. The van der Waals surface area contributed by atoms with Gasteiger partial charge in [0.1, 0.15) is 13.2 Å². The van der Waals surface area contributed by atoms with Crippen LogP contribution in [0.4, 0.5) is 0 Å². The van der Waals surface area contributed by atoms with Crippen LogP contribution in [0.5, 0.6) is 0 Å². The third-order valence-corrected chi connectivity index (χ3v) is 4.27. The zero-order valence-corrected chi connectivity index (χ0v) is 13.4. The molecule has 1 heterocycles. The molecule has 2 aliphatic rings. The number of rotatable bonds is 6. The lowest BCUT2D eigenvalue weighted by Crippen LogP contribution is -2.54. The van der Waals surface area contributed by atoms with E-state index in [-0.39, 0.29) is 13.2 Å². The van der Waals surface area contributed by atoms with Gasteiger partial charge in [0.2, 0.25) is 0 Å². The van der Waals surface area contributed by atoms with E-state index in [1.165, 1.54) is 6.42 Å². The molecule has 0 N–H and O–H groups in total.